The summed E-state index contributed by atoms with van der Waals surface area (Å²) >= 11 is 6.24. The molecule has 110 valence electrons. The second-order valence-electron chi connectivity index (χ2n) is 6.51. The van der Waals surface area contributed by atoms with E-state index in [4.69, 9.17) is 16.9 Å². The lowest BCUT2D eigenvalue weighted by atomic mass is 9.56. The highest BCUT2D eigenvalue weighted by Crippen LogP contribution is 2.56. The molecule has 0 unspecified atom stereocenters. The lowest BCUT2D eigenvalue weighted by molar-refractivity contribution is 0.0627. The standard InChI is InChI=1S/C18H16ClN3/c19-16-6-13(9-20)10-21-17(16)22-11-18(12-22)7-15(8-18)14-4-2-1-3-5-14/h1-6,10,15H,7-8,11-12H2. The van der Waals surface area contributed by atoms with Crippen LogP contribution >= 0.6 is 11.6 Å². The van der Waals surface area contributed by atoms with E-state index in [1.807, 2.05) is 0 Å². The number of nitriles is 1. The van der Waals surface area contributed by atoms with Crippen molar-refractivity contribution in [2.45, 2.75) is 18.8 Å². The van der Waals surface area contributed by atoms with Gasteiger partial charge in [-0.05, 0) is 30.4 Å². The molecule has 1 saturated carbocycles. The van der Waals surface area contributed by atoms with E-state index in [-0.39, 0.29) is 0 Å². The molecular weight excluding hydrogens is 294 g/mol. The van der Waals surface area contributed by atoms with E-state index in [9.17, 15) is 0 Å². The molecule has 0 atom stereocenters. The molecule has 0 bridgehead atoms. The number of benzene rings is 1. The van der Waals surface area contributed by atoms with Gasteiger partial charge in [0.1, 0.15) is 11.9 Å². The maximum absolute atomic E-state index is 8.87. The van der Waals surface area contributed by atoms with Crippen molar-refractivity contribution in [1.82, 2.24) is 4.98 Å². The highest BCUT2D eigenvalue weighted by atomic mass is 35.5. The normalized spacial score (nSPS) is 19.4. The van der Waals surface area contributed by atoms with Crippen LogP contribution in [0.3, 0.4) is 0 Å². The number of hydrogen-bond donors (Lipinski definition) is 0. The molecule has 1 aromatic heterocycles. The molecule has 1 spiro atoms. The minimum Gasteiger partial charge on any atom is -0.354 e. The highest BCUT2D eigenvalue weighted by molar-refractivity contribution is 6.33. The zero-order chi connectivity index (χ0) is 15.2. The Kier molecular flexibility index (Phi) is 3.09. The maximum atomic E-state index is 8.87. The van der Waals surface area contributed by atoms with Crippen molar-refractivity contribution in [3.63, 3.8) is 0 Å². The Bertz CT molecular complexity index is 737. The summed E-state index contributed by atoms with van der Waals surface area (Å²) in [5.74, 6) is 1.52. The quantitative estimate of drug-likeness (QED) is 0.842. The molecule has 0 N–H and O–H groups in total. The van der Waals surface area contributed by atoms with Crippen molar-refractivity contribution in [3.05, 3.63) is 58.7 Å². The Balaban J connectivity index is 1.41. The molecule has 1 aliphatic carbocycles. The van der Waals surface area contributed by atoms with Gasteiger partial charge in [-0.2, -0.15) is 5.26 Å². The first-order chi connectivity index (χ1) is 10.7. The molecule has 1 saturated heterocycles. The molecule has 4 heteroatoms. The van der Waals surface area contributed by atoms with Gasteiger partial charge in [0.05, 0.1) is 10.6 Å². The van der Waals surface area contributed by atoms with Crippen LogP contribution in [-0.4, -0.2) is 18.1 Å². The maximum Gasteiger partial charge on any atom is 0.147 e. The molecule has 2 aromatic rings. The molecule has 0 amide bonds. The average molecular weight is 310 g/mol. The number of pyridine rings is 1. The largest absolute Gasteiger partial charge is 0.354 e. The van der Waals surface area contributed by atoms with Crippen molar-refractivity contribution in [2.24, 2.45) is 5.41 Å². The third-order valence-electron chi connectivity index (χ3n) is 4.93. The van der Waals surface area contributed by atoms with Crippen LogP contribution in [0.1, 0.15) is 29.9 Å². The van der Waals surface area contributed by atoms with Gasteiger partial charge in [0.2, 0.25) is 0 Å². The SMILES string of the molecule is N#Cc1cnc(N2CC3(CC(c4ccccc4)C3)C2)c(Cl)c1. The Morgan fingerprint density at radius 2 is 1.95 bits per heavy atom. The zero-order valence-corrected chi connectivity index (χ0v) is 12.9. The van der Waals surface area contributed by atoms with Crippen LogP contribution in [0.5, 0.6) is 0 Å². The molecule has 1 aliphatic heterocycles. The summed E-state index contributed by atoms with van der Waals surface area (Å²) in [7, 11) is 0. The van der Waals surface area contributed by atoms with E-state index >= 15 is 0 Å². The molecular formula is C18H16ClN3. The topological polar surface area (TPSA) is 39.9 Å². The first-order valence-corrected chi connectivity index (χ1v) is 7.92. The molecule has 2 aliphatic rings. The lowest BCUT2D eigenvalue weighted by Crippen LogP contribution is -2.62. The predicted octanol–water partition coefficient (Wildman–Crippen LogP) is 3.99. The summed E-state index contributed by atoms with van der Waals surface area (Å²) in [6, 6.07) is 14.5. The van der Waals surface area contributed by atoms with Crippen LogP contribution < -0.4 is 4.90 Å². The summed E-state index contributed by atoms with van der Waals surface area (Å²) in [5, 5.41) is 9.44. The Morgan fingerprint density at radius 1 is 1.23 bits per heavy atom. The third kappa shape index (κ3) is 2.15. The Hall–Kier alpha value is -2.05. The highest BCUT2D eigenvalue weighted by Gasteiger charge is 2.53. The number of nitrogens with zero attached hydrogens (tertiary/aromatic N) is 3. The van der Waals surface area contributed by atoms with Gasteiger partial charge in [0.15, 0.2) is 0 Å². The Labute approximate surface area is 135 Å². The molecule has 1 aromatic carbocycles. The zero-order valence-electron chi connectivity index (χ0n) is 12.2. The van der Waals surface area contributed by atoms with Crippen molar-refractivity contribution in [2.75, 3.05) is 18.0 Å². The van der Waals surface area contributed by atoms with E-state index in [0.29, 0.717) is 21.9 Å². The van der Waals surface area contributed by atoms with Crippen molar-refractivity contribution in [1.29, 1.82) is 5.26 Å². The van der Waals surface area contributed by atoms with Crippen molar-refractivity contribution >= 4 is 17.4 Å². The fourth-order valence-electron chi connectivity index (χ4n) is 3.84. The van der Waals surface area contributed by atoms with Gasteiger partial charge in [-0.1, -0.05) is 41.9 Å². The molecule has 2 heterocycles. The number of rotatable bonds is 2. The van der Waals surface area contributed by atoms with E-state index in [1.165, 1.54) is 18.4 Å². The second kappa shape index (κ2) is 5.00. The Morgan fingerprint density at radius 3 is 2.59 bits per heavy atom. The van der Waals surface area contributed by atoms with Crippen LogP contribution in [-0.2, 0) is 0 Å². The van der Waals surface area contributed by atoms with Crippen molar-refractivity contribution < 1.29 is 0 Å². The minimum absolute atomic E-state index is 0.444. The summed E-state index contributed by atoms with van der Waals surface area (Å²) in [4.78, 5) is 6.57. The van der Waals surface area contributed by atoms with E-state index in [1.54, 1.807) is 12.3 Å². The van der Waals surface area contributed by atoms with Gasteiger partial charge < -0.3 is 4.90 Å². The molecule has 3 nitrogen and oxygen atoms in total. The van der Waals surface area contributed by atoms with Gasteiger partial charge in [0, 0.05) is 24.7 Å². The fraction of sp³-hybridized carbons (Fsp3) is 0.333. The molecule has 0 radical (unpaired) electrons. The van der Waals surface area contributed by atoms with Crippen LogP contribution in [0, 0.1) is 16.7 Å². The second-order valence-corrected chi connectivity index (χ2v) is 6.92. The first kappa shape index (κ1) is 13.6. The first-order valence-electron chi connectivity index (χ1n) is 7.55. The molecule has 4 rings (SSSR count). The number of aromatic nitrogens is 1. The summed E-state index contributed by atoms with van der Waals surface area (Å²) in [6.07, 6.45) is 4.10. The van der Waals surface area contributed by atoms with Crippen molar-refractivity contribution in [3.8, 4) is 6.07 Å². The van der Waals surface area contributed by atoms with Gasteiger partial charge >= 0.3 is 0 Å². The smallest absolute Gasteiger partial charge is 0.147 e. The number of halogens is 1. The van der Waals surface area contributed by atoms with E-state index < -0.39 is 0 Å². The lowest BCUT2D eigenvalue weighted by Gasteiger charge is -2.59. The summed E-state index contributed by atoms with van der Waals surface area (Å²) in [5.41, 5.74) is 2.41. The van der Waals surface area contributed by atoms with Gasteiger partial charge in [0.25, 0.3) is 0 Å². The summed E-state index contributed by atoms with van der Waals surface area (Å²) in [6.45, 7) is 2.05. The van der Waals surface area contributed by atoms with Gasteiger partial charge in [-0.3, -0.25) is 0 Å². The number of anilines is 1. The number of hydrogen-bond acceptors (Lipinski definition) is 3. The summed E-state index contributed by atoms with van der Waals surface area (Å²) < 4.78 is 0. The minimum atomic E-state index is 0.444. The predicted molar refractivity (Wildman–Crippen MR) is 87.0 cm³/mol. The van der Waals surface area contributed by atoms with Crippen LogP contribution in [0.4, 0.5) is 5.82 Å². The van der Waals surface area contributed by atoms with Crippen LogP contribution in [0.2, 0.25) is 5.02 Å². The van der Waals surface area contributed by atoms with Crippen LogP contribution in [0.25, 0.3) is 0 Å². The average Bonchev–Trinajstić information content (AvgIpc) is 2.46. The third-order valence-corrected chi connectivity index (χ3v) is 5.21. The monoisotopic (exact) mass is 309 g/mol. The van der Waals surface area contributed by atoms with Crippen LogP contribution in [0.15, 0.2) is 42.6 Å². The van der Waals surface area contributed by atoms with E-state index in [2.05, 4.69) is 46.3 Å². The fourth-order valence-corrected chi connectivity index (χ4v) is 4.13. The van der Waals surface area contributed by atoms with Gasteiger partial charge in [-0.25, -0.2) is 4.98 Å². The molecule has 22 heavy (non-hydrogen) atoms. The molecule has 2 fully saturated rings. The van der Waals surface area contributed by atoms with E-state index in [0.717, 1.165) is 18.9 Å². The van der Waals surface area contributed by atoms with Gasteiger partial charge in [-0.15, -0.1) is 0 Å².